The Hall–Kier alpha value is -6.62. The molecule has 0 spiro atoms. The van der Waals surface area contributed by atoms with Gasteiger partial charge < -0.3 is 39.8 Å². The number of nitrogens with two attached hydrogens (primary N) is 1. The van der Waals surface area contributed by atoms with Gasteiger partial charge >= 0.3 is 12.2 Å². The summed E-state index contributed by atoms with van der Waals surface area (Å²) in [7, 11) is 1.41. The Kier molecular flexibility index (Phi) is 13.6. The maximum atomic E-state index is 16.4. The van der Waals surface area contributed by atoms with Gasteiger partial charge in [0.15, 0.2) is 17.4 Å². The van der Waals surface area contributed by atoms with Crippen LogP contribution in [0.3, 0.4) is 0 Å². The second-order valence-corrected chi connectivity index (χ2v) is 11.9. The maximum Gasteiger partial charge on any atom is 0.511 e. The molecule has 16 nitrogen and oxygen atoms in total. The van der Waals surface area contributed by atoms with Crippen molar-refractivity contribution in [2.75, 3.05) is 25.6 Å². The first kappa shape index (κ1) is 39.6. The summed E-state index contributed by atoms with van der Waals surface area (Å²) < 4.78 is 45.0. The fraction of sp³-hybridized carbons (Fsp3) is 0.289. The van der Waals surface area contributed by atoms with Crippen LogP contribution in [0.1, 0.15) is 67.0 Å². The summed E-state index contributed by atoms with van der Waals surface area (Å²) in [5.74, 6) is -1.26. The van der Waals surface area contributed by atoms with Crippen LogP contribution in [0.2, 0.25) is 0 Å². The highest BCUT2D eigenvalue weighted by atomic mass is 19.1. The fourth-order valence-corrected chi connectivity index (χ4v) is 5.19. The van der Waals surface area contributed by atoms with E-state index < -0.39 is 30.2 Å². The maximum absolute atomic E-state index is 16.4. The Morgan fingerprint density at radius 3 is 2.40 bits per heavy atom. The van der Waals surface area contributed by atoms with Crippen molar-refractivity contribution in [3.63, 3.8) is 0 Å². The van der Waals surface area contributed by atoms with E-state index in [-0.39, 0.29) is 60.0 Å². The van der Waals surface area contributed by atoms with Crippen LogP contribution in [-0.2, 0) is 9.47 Å². The normalized spacial score (nSPS) is 12.9. The summed E-state index contributed by atoms with van der Waals surface area (Å²) in [6.07, 6.45) is 1.88. The molecule has 5 rings (SSSR count). The molecule has 4 N–H and O–H groups in total. The molecule has 5 aromatic rings. The number of methoxy groups -OCH3 is 1. The van der Waals surface area contributed by atoms with E-state index in [0.29, 0.717) is 23.2 Å². The number of ether oxygens (including phenoxy) is 5. The van der Waals surface area contributed by atoms with Gasteiger partial charge in [-0.3, -0.25) is 4.79 Å². The van der Waals surface area contributed by atoms with Gasteiger partial charge in [0.2, 0.25) is 6.29 Å². The first-order chi connectivity index (χ1) is 26.6. The quantitative estimate of drug-likeness (QED) is 0.0471. The van der Waals surface area contributed by atoms with Crippen LogP contribution < -0.4 is 25.3 Å². The van der Waals surface area contributed by atoms with Crippen LogP contribution in [0, 0.1) is 5.82 Å². The summed E-state index contributed by atoms with van der Waals surface area (Å²) in [6.45, 7) is 4.63. The average molecular weight is 757 g/mol. The van der Waals surface area contributed by atoms with Gasteiger partial charge in [-0.15, -0.1) is 9.78 Å². The Morgan fingerprint density at radius 1 is 1.00 bits per heavy atom. The van der Waals surface area contributed by atoms with E-state index in [1.54, 1.807) is 67.6 Å². The molecule has 2 heterocycles. The zero-order valence-corrected chi connectivity index (χ0v) is 30.6. The lowest BCUT2D eigenvalue weighted by atomic mass is 10.0. The molecule has 0 bridgehead atoms. The van der Waals surface area contributed by atoms with Crippen molar-refractivity contribution < 1.29 is 42.8 Å². The van der Waals surface area contributed by atoms with Crippen LogP contribution in [0.5, 0.6) is 17.5 Å². The van der Waals surface area contributed by atoms with E-state index in [1.165, 1.54) is 43.2 Å². The molecular formula is C38H41FN8O8. The van der Waals surface area contributed by atoms with Crippen LogP contribution in [-0.4, -0.2) is 80.5 Å². The topological polar surface area (TPSA) is 207 Å². The SMILES string of the molecule is CCC[C@@H](C)OC(=O)OC(C)Oc1nc([C@H](Nc2ccc(/C(N)=N/C(=O)c3ccccc3)cc2)c2cc(OC)cc(OCCO)c2F)nn1-c1ncccn1. The van der Waals surface area contributed by atoms with Crippen molar-refractivity contribution >= 4 is 23.6 Å². The van der Waals surface area contributed by atoms with Crippen LogP contribution in [0.25, 0.3) is 5.95 Å². The van der Waals surface area contributed by atoms with Crippen molar-refractivity contribution in [1.82, 2.24) is 24.7 Å². The third-order valence-electron chi connectivity index (χ3n) is 7.79. The van der Waals surface area contributed by atoms with E-state index in [9.17, 15) is 14.7 Å². The molecule has 3 aromatic carbocycles. The number of benzene rings is 3. The van der Waals surface area contributed by atoms with Gasteiger partial charge in [0.25, 0.3) is 11.9 Å². The smallest absolute Gasteiger partial charge is 0.497 e. The monoisotopic (exact) mass is 756 g/mol. The molecule has 0 radical (unpaired) electrons. The van der Waals surface area contributed by atoms with Gasteiger partial charge in [-0.1, -0.05) is 31.5 Å². The molecule has 0 saturated heterocycles. The first-order valence-corrected chi connectivity index (χ1v) is 17.3. The highest BCUT2D eigenvalue weighted by molar-refractivity contribution is 6.08. The minimum absolute atomic E-state index is 0.00781. The van der Waals surface area contributed by atoms with Gasteiger partial charge in [0, 0.05) is 47.8 Å². The molecular weight excluding hydrogens is 715 g/mol. The number of nitrogens with zero attached hydrogens (tertiary/aromatic N) is 6. The first-order valence-electron chi connectivity index (χ1n) is 17.3. The second kappa shape index (κ2) is 18.9. The van der Waals surface area contributed by atoms with Gasteiger partial charge in [0.05, 0.1) is 13.7 Å². The number of amidine groups is 1. The molecule has 0 saturated carbocycles. The number of aliphatic hydroxyl groups is 1. The largest absolute Gasteiger partial charge is 0.511 e. The lowest BCUT2D eigenvalue weighted by Crippen LogP contribution is -2.25. The van der Waals surface area contributed by atoms with E-state index in [4.69, 9.17) is 29.4 Å². The fourth-order valence-electron chi connectivity index (χ4n) is 5.19. The van der Waals surface area contributed by atoms with Gasteiger partial charge in [-0.05, 0) is 61.9 Å². The predicted octanol–water partition coefficient (Wildman–Crippen LogP) is 5.39. The van der Waals surface area contributed by atoms with Crippen molar-refractivity contribution in [2.24, 2.45) is 10.7 Å². The number of nitrogens with one attached hydrogen (secondary N) is 1. The number of anilines is 1. The molecule has 0 aliphatic rings. The third-order valence-corrected chi connectivity index (χ3v) is 7.79. The number of amides is 1. The number of rotatable bonds is 17. The minimum atomic E-state index is -1.22. The highest BCUT2D eigenvalue weighted by Gasteiger charge is 2.30. The molecule has 55 heavy (non-hydrogen) atoms. The minimum Gasteiger partial charge on any atom is -0.497 e. The molecule has 0 aliphatic carbocycles. The van der Waals surface area contributed by atoms with Gasteiger partial charge in [-0.2, -0.15) is 9.98 Å². The van der Waals surface area contributed by atoms with Crippen LogP contribution in [0.15, 0.2) is 90.2 Å². The highest BCUT2D eigenvalue weighted by Crippen LogP contribution is 2.36. The van der Waals surface area contributed by atoms with Crippen molar-refractivity contribution in [3.05, 3.63) is 114 Å². The molecule has 3 atom stereocenters. The van der Waals surface area contributed by atoms with Crippen LogP contribution in [0.4, 0.5) is 14.9 Å². The Morgan fingerprint density at radius 2 is 1.73 bits per heavy atom. The molecule has 17 heteroatoms. The summed E-state index contributed by atoms with van der Waals surface area (Å²) in [6, 6.07) is 18.1. The zero-order chi connectivity index (χ0) is 39.3. The molecule has 0 aliphatic heterocycles. The third kappa shape index (κ3) is 10.5. The number of aliphatic hydroxyl groups excluding tert-OH is 1. The van der Waals surface area contributed by atoms with Crippen molar-refractivity contribution in [2.45, 2.75) is 52.0 Å². The number of hydrogen-bond acceptors (Lipinski definition) is 13. The number of hydrogen-bond donors (Lipinski definition) is 3. The average Bonchev–Trinajstić information content (AvgIpc) is 3.60. The number of aliphatic imine (C=N–C) groups is 1. The van der Waals surface area contributed by atoms with E-state index in [2.05, 4.69) is 30.4 Å². The number of aromatic nitrogens is 5. The molecule has 288 valence electrons. The van der Waals surface area contributed by atoms with E-state index >= 15 is 4.39 Å². The van der Waals surface area contributed by atoms with Crippen molar-refractivity contribution in [3.8, 4) is 23.5 Å². The summed E-state index contributed by atoms with van der Waals surface area (Å²) in [5, 5.41) is 17.2. The Balaban J connectivity index is 1.53. The van der Waals surface area contributed by atoms with Crippen molar-refractivity contribution in [1.29, 1.82) is 0 Å². The number of carbonyl (C=O) groups is 2. The molecule has 2 aromatic heterocycles. The second-order valence-electron chi connectivity index (χ2n) is 11.9. The summed E-state index contributed by atoms with van der Waals surface area (Å²) in [5.41, 5.74) is 7.46. The molecule has 1 amide bonds. The molecule has 0 fully saturated rings. The molecule has 1 unspecified atom stereocenters. The number of halogens is 1. The Labute approximate surface area is 316 Å². The van der Waals surface area contributed by atoms with E-state index in [0.717, 1.165) is 6.42 Å². The number of carbonyl (C=O) groups excluding carboxylic acids is 2. The summed E-state index contributed by atoms with van der Waals surface area (Å²) in [4.78, 5) is 42.2. The van der Waals surface area contributed by atoms with Crippen LogP contribution >= 0.6 is 0 Å². The van der Waals surface area contributed by atoms with Gasteiger partial charge in [-0.25, -0.2) is 19.2 Å². The predicted molar refractivity (Wildman–Crippen MR) is 198 cm³/mol. The summed E-state index contributed by atoms with van der Waals surface area (Å²) >= 11 is 0. The van der Waals surface area contributed by atoms with Gasteiger partial charge in [0.1, 0.15) is 30.3 Å². The van der Waals surface area contributed by atoms with E-state index in [1.807, 2.05) is 6.92 Å². The lowest BCUT2D eigenvalue weighted by molar-refractivity contribution is -0.0675. The Bertz CT molecular complexity index is 2070. The zero-order valence-electron chi connectivity index (χ0n) is 30.6. The lowest BCUT2D eigenvalue weighted by Gasteiger charge is -2.21. The standard InChI is InChI=1S/C38H41FN8O8/c1-5-10-23(2)53-38(50)55-24(3)54-37-45-34(46-47(37)36-41-17-9-18-42-36)32(29-21-28(51-4)22-30(31(29)39)52-20-19-48)43-27-15-13-25(14-16-27)33(40)44-35(49)26-11-7-6-8-12-26/h6-9,11-18,21-24,32,43,48H,5,10,19-20H2,1-4H3,(H2,40,44,49)/t23-,24?,32-/m1/s1.